The zero-order valence-corrected chi connectivity index (χ0v) is 38.3. The number of rotatable bonds is 0. The first-order valence-electron chi connectivity index (χ1n) is 10.9. The van der Waals surface area contributed by atoms with Gasteiger partial charge in [-0.15, -0.1) is 0 Å². The number of carboxylic acids is 12. The van der Waals surface area contributed by atoms with Gasteiger partial charge < -0.3 is 119 Å². The standard InChI is InChI=1S/12C2H4O2.4Gd/c12*1-2(3)4;;;;/h12*1H3,(H,3,4);;;;/q;;;;;;;;;;;;4*+3/p-12. The molecule has 0 unspecified atom stereocenters. The van der Waals surface area contributed by atoms with Crippen molar-refractivity contribution in [3.63, 3.8) is 0 Å². The molecule has 28 heteroatoms. The fourth-order valence-corrected chi connectivity index (χ4v) is 0. The third kappa shape index (κ3) is 99900. The van der Waals surface area contributed by atoms with Gasteiger partial charge in [-0.2, -0.15) is 0 Å². The van der Waals surface area contributed by atoms with Crippen LogP contribution in [0.5, 0.6) is 0 Å². The Morgan fingerprint density at radius 2 is 0.173 bits per heavy atom. The monoisotopic (exact) mass is 1340 g/mol. The van der Waals surface area contributed by atoms with Gasteiger partial charge in [0.2, 0.25) is 0 Å². The molecule has 0 bridgehead atoms. The Balaban J connectivity index is -0.0000000193. The second kappa shape index (κ2) is 98.0. The summed E-state index contributed by atoms with van der Waals surface area (Å²) in [4.78, 5) is 107. The van der Waals surface area contributed by atoms with Crippen molar-refractivity contribution in [3.8, 4) is 0 Å². The number of carbonyl (C=O) groups is 12. The average Bonchev–Trinajstić information content (AvgIpc) is 2.61. The van der Waals surface area contributed by atoms with Crippen LogP contribution in [0.25, 0.3) is 0 Å². The van der Waals surface area contributed by atoms with Crippen LogP contribution in [0.15, 0.2) is 0 Å². The van der Waals surface area contributed by atoms with Gasteiger partial charge in [-0.05, 0) is 83.1 Å². The van der Waals surface area contributed by atoms with Crippen LogP contribution < -0.4 is 61.3 Å². The molecule has 0 saturated carbocycles. The molecule has 0 rings (SSSR count). The van der Waals surface area contributed by atoms with Crippen LogP contribution in [-0.4, -0.2) is 71.6 Å². The zero-order valence-electron chi connectivity index (χ0n) is 29.2. The van der Waals surface area contributed by atoms with Crippen LogP contribution in [0.1, 0.15) is 83.1 Å². The van der Waals surface area contributed by atoms with Gasteiger partial charge in [-0.25, -0.2) is 0 Å². The number of hydrogen-bond acceptors (Lipinski definition) is 24. The molecule has 0 fully saturated rings. The second-order valence-electron chi connectivity index (χ2n) is 5.90. The Morgan fingerprint density at radius 3 is 0.173 bits per heavy atom. The van der Waals surface area contributed by atoms with Crippen molar-refractivity contribution in [2.75, 3.05) is 0 Å². The van der Waals surface area contributed by atoms with Crippen molar-refractivity contribution in [1.82, 2.24) is 0 Å². The van der Waals surface area contributed by atoms with Crippen molar-refractivity contribution in [1.29, 1.82) is 0 Å². The summed E-state index contributed by atoms with van der Waals surface area (Å²) in [7, 11) is 0. The van der Waals surface area contributed by atoms with Gasteiger partial charge in [-0.1, -0.05) is 0 Å². The van der Waals surface area contributed by atoms with Crippen LogP contribution in [-0.2, 0) is 57.5 Å². The van der Waals surface area contributed by atoms with E-state index in [2.05, 4.69) is 0 Å². The van der Waals surface area contributed by atoms with E-state index in [0.29, 0.717) is 0 Å². The summed E-state index contributed by atoms with van der Waals surface area (Å²) < 4.78 is 0. The summed E-state index contributed by atoms with van der Waals surface area (Å²) in [6.45, 7) is 11.7. The Morgan fingerprint density at radius 1 is 0.173 bits per heavy atom. The molecule has 0 atom stereocenters. The molecule has 4 radical (unpaired) electrons. The Hall–Kier alpha value is -1.06. The molecule has 0 aromatic carbocycles. The van der Waals surface area contributed by atoms with Crippen LogP contribution in [0.4, 0.5) is 0 Å². The minimum atomic E-state index is -1.08. The molecular formula is C24H36Gd4O24. The minimum absolute atomic E-state index is 0. The second-order valence-corrected chi connectivity index (χ2v) is 5.90. The quantitative estimate of drug-likeness (QED) is 0.217. The first-order valence-corrected chi connectivity index (χ1v) is 10.9. The molecule has 24 nitrogen and oxygen atoms in total. The largest absolute Gasteiger partial charge is 3.00 e. The van der Waals surface area contributed by atoms with E-state index in [0.717, 1.165) is 83.1 Å². The normalized spacial score (nSPS) is 5.77. The third-order valence-corrected chi connectivity index (χ3v) is 0. The predicted molar refractivity (Wildman–Crippen MR) is 128 cm³/mol. The van der Waals surface area contributed by atoms with E-state index < -0.39 is 71.6 Å². The summed E-state index contributed by atoms with van der Waals surface area (Å²) in [6, 6.07) is 0. The number of hydrogen-bond donors (Lipinski definition) is 0. The number of carboxylic acid groups (broad SMARTS) is 12. The zero-order chi connectivity index (χ0) is 42.9. The molecule has 0 aliphatic carbocycles. The summed E-state index contributed by atoms with van der Waals surface area (Å²) in [5, 5.41) is 107. The van der Waals surface area contributed by atoms with Crippen molar-refractivity contribution in [3.05, 3.63) is 0 Å². The summed E-state index contributed by atoms with van der Waals surface area (Å²) in [5.41, 5.74) is 0. The maximum absolute atomic E-state index is 8.89. The molecular weight excluding hydrogens is 1300 g/mol. The smallest absolute Gasteiger partial charge is 0.550 e. The molecule has 0 aromatic rings. The van der Waals surface area contributed by atoms with Gasteiger partial charge in [0.15, 0.2) is 0 Å². The van der Waals surface area contributed by atoms with E-state index in [4.69, 9.17) is 119 Å². The van der Waals surface area contributed by atoms with E-state index in [1.165, 1.54) is 0 Å². The molecule has 52 heavy (non-hydrogen) atoms. The van der Waals surface area contributed by atoms with E-state index in [9.17, 15) is 0 Å². The summed E-state index contributed by atoms with van der Waals surface area (Å²) >= 11 is 0. The maximum atomic E-state index is 8.89. The molecule has 0 amide bonds. The first-order chi connectivity index (χ1) is 20.8. The molecule has 0 saturated heterocycles. The summed E-state index contributed by atoms with van der Waals surface area (Å²) in [6.07, 6.45) is 0. The Labute approximate surface area is 426 Å². The fraction of sp³-hybridized carbons (Fsp3) is 0.500. The van der Waals surface area contributed by atoms with Gasteiger partial charge in [-0.3, -0.25) is 0 Å². The van der Waals surface area contributed by atoms with Crippen LogP contribution in [0, 0.1) is 160 Å². The van der Waals surface area contributed by atoms with E-state index in [-0.39, 0.29) is 160 Å². The SMILES string of the molecule is CC(=O)[O-].CC(=O)[O-].CC(=O)[O-].CC(=O)[O-].CC(=O)[O-].CC(=O)[O-].CC(=O)[O-].CC(=O)[O-].CC(=O)[O-].CC(=O)[O-].CC(=O)[O-].CC(=O)[O-].[Gd+3].[Gd+3].[Gd+3].[Gd+3]. The van der Waals surface area contributed by atoms with E-state index >= 15 is 0 Å². The molecule has 308 valence electrons. The van der Waals surface area contributed by atoms with Gasteiger partial charge in [0.25, 0.3) is 0 Å². The van der Waals surface area contributed by atoms with Crippen LogP contribution >= 0.6 is 0 Å². The van der Waals surface area contributed by atoms with Crippen molar-refractivity contribution < 1.29 is 279 Å². The molecule has 0 spiro atoms. The first kappa shape index (κ1) is 104. The van der Waals surface area contributed by atoms with Crippen LogP contribution in [0.3, 0.4) is 0 Å². The maximum Gasteiger partial charge on any atom is 3.00 e. The minimum Gasteiger partial charge on any atom is -0.550 e. The van der Waals surface area contributed by atoms with E-state index in [1.807, 2.05) is 0 Å². The van der Waals surface area contributed by atoms with Crippen molar-refractivity contribution in [2.45, 2.75) is 83.1 Å². The average molecular weight is 1340 g/mol. The van der Waals surface area contributed by atoms with Crippen LogP contribution in [0.2, 0.25) is 0 Å². The van der Waals surface area contributed by atoms with Gasteiger partial charge in [0, 0.05) is 71.6 Å². The molecule has 0 aliphatic rings. The fourth-order valence-electron chi connectivity index (χ4n) is 0. The van der Waals surface area contributed by atoms with Crippen molar-refractivity contribution in [2.24, 2.45) is 0 Å². The van der Waals surface area contributed by atoms with Gasteiger partial charge >= 0.3 is 160 Å². The Bertz CT molecular complexity index is 603. The third-order valence-electron chi connectivity index (χ3n) is 0. The molecule has 0 aromatic heterocycles. The number of aliphatic carboxylic acids is 12. The van der Waals surface area contributed by atoms with Gasteiger partial charge in [0.05, 0.1) is 0 Å². The molecule has 0 N–H and O–H groups in total. The van der Waals surface area contributed by atoms with Gasteiger partial charge in [0.1, 0.15) is 0 Å². The predicted octanol–water partition coefficient (Wildman–Crippen LogP) is -14.9. The summed E-state index contributed by atoms with van der Waals surface area (Å²) in [5.74, 6) is -13.0. The Kier molecular flexibility index (Phi) is 196. The molecule has 0 aliphatic heterocycles. The molecule has 0 heterocycles. The number of carbonyl (C=O) groups excluding carboxylic acids is 12. The van der Waals surface area contributed by atoms with E-state index in [1.54, 1.807) is 0 Å². The topological polar surface area (TPSA) is 482 Å². The van der Waals surface area contributed by atoms with Crippen molar-refractivity contribution >= 4 is 71.6 Å².